The van der Waals surface area contributed by atoms with Gasteiger partial charge in [-0.05, 0) is 58.6 Å². The molecule has 3 heteroatoms. The van der Waals surface area contributed by atoms with Crippen molar-refractivity contribution in [2.24, 2.45) is 0 Å². The summed E-state index contributed by atoms with van der Waals surface area (Å²) in [7, 11) is 0. The van der Waals surface area contributed by atoms with Crippen LogP contribution in [0, 0.1) is 13.8 Å². The van der Waals surface area contributed by atoms with E-state index in [1.165, 1.54) is 16.7 Å². The van der Waals surface area contributed by atoms with Crippen molar-refractivity contribution in [2.75, 3.05) is 5.73 Å². The van der Waals surface area contributed by atoms with E-state index in [-0.39, 0.29) is 0 Å². The van der Waals surface area contributed by atoms with Crippen molar-refractivity contribution >= 4 is 21.6 Å². The van der Waals surface area contributed by atoms with Gasteiger partial charge in [0.15, 0.2) is 0 Å². The summed E-state index contributed by atoms with van der Waals surface area (Å²) >= 11 is 3.44. The van der Waals surface area contributed by atoms with Crippen LogP contribution in [0.25, 0.3) is 0 Å². The molecule has 0 saturated carbocycles. The third kappa shape index (κ3) is 2.67. The maximum Gasteiger partial charge on any atom is 0.136 e. The number of aryl methyl sites for hydroxylation is 2. The van der Waals surface area contributed by atoms with Gasteiger partial charge in [0.1, 0.15) is 12.4 Å². The third-order valence-electron chi connectivity index (χ3n) is 3.01. The van der Waals surface area contributed by atoms with Gasteiger partial charge in [-0.15, -0.1) is 0 Å². The first-order chi connectivity index (χ1) is 8.59. The van der Waals surface area contributed by atoms with Gasteiger partial charge in [0, 0.05) is 5.69 Å². The Kier molecular flexibility index (Phi) is 3.92. The predicted molar refractivity (Wildman–Crippen MR) is 78.8 cm³/mol. The molecular weight excluding hydrogens is 290 g/mol. The summed E-state index contributed by atoms with van der Waals surface area (Å²) in [6.45, 7) is 4.75. The lowest BCUT2D eigenvalue weighted by Gasteiger charge is -2.13. The summed E-state index contributed by atoms with van der Waals surface area (Å²) in [5, 5.41) is 0. The van der Waals surface area contributed by atoms with Gasteiger partial charge >= 0.3 is 0 Å². The highest BCUT2D eigenvalue weighted by molar-refractivity contribution is 9.10. The fraction of sp³-hybridized carbons (Fsp3) is 0.200. The summed E-state index contributed by atoms with van der Waals surface area (Å²) in [5.41, 5.74) is 10.2. The molecule has 0 heterocycles. The third-order valence-corrected chi connectivity index (χ3v) is 3.86. The Hall–Kier alpha value is -1.48. The standard InChI is InChI=1S/C15H16BrNO/c1-10-5-3-6-11(2)12(10)9-18-14-8-4-7-13(17)15(14)16/h3-8H,9,17H2,1-2H3. The lowest BCUT2D eigenvalue weighted by atomic mass is 10.0. The summed E-state index contributed by atoms with van der Waals surface area (Å²) in [5.74, 6) is 0.776. The van der Waals surface area contributed by atoms with Crippen molar-refractivity contribution in [1.29, 1.82) is 0 Å². The Morgan fingerprint density at radius 2 is 1.67 bits per heavy atom. The quantitative estimate of drug-likeness (QED) is 0.861. The van der Waals surface area contributed by atoms with Crippen molar-refractivity contribution in [3.8, 4) is 5.75 Å². The van der Waals surface area contributed by atoms with Crippen LogP contribution in [0.4, 0.5) is 5.69 Å². The van der Waals surface area contributed by atoms with Gasteiger partial charge in [-0.2, -0.15) is 0 Å². The summed E-state index contributed by atoms with van der Waals surface area (Å²) < 4.78 is 6.65. The molecule has 0 saturated heterocycles. The maximum atomic E-state index is 5.84. The first-order valence-corrected chi connectivity index (χ1v) is 6.61. The van der Waals surface area contributed by atoms with Crippen molar-refractivity contribution < 1.29 is 4.74 Å². The zero-order chi connectivity index (χ0) is 13.1. The number of hydrogen-bond acceptors (Lipinski definition) is 2. The minimum absolute atomic E-state index is 0.556. The zero-order valence-electron chi connectivity index (χ0n) is 10.5. The van der Waals surface area contributed by atoms with Crippen LogP contribution in [-0.4, -0.2) is 0 Å². The zero-order valence-corrected chi connectivity index (χ0v) is 12.1. The molecule has 94 valence electrons. The van der Waals surface area contributed by atoms with Crippen LogP contribution in [0.3, 0.4) is 0 Å². The van der Waals surface area contributed by atoms with Crippen LogP contribution in [0.15, 0.2) is 40.9 Å². The van der Waals surface area contributed by atoms with Gasteiger partial charge in [-0.3, -0.25) is 0 Å². The molecule has 0 bridgehead atoms. The number of nitrogen functional groups attached to an aromatic ring is 1. The Morgan fingerprint density at radius 3 is 2.33 bits per heavy atom. The number of anilines is 1. The van der Waals surface area contributed by atoms with Crippen LogP contribution < -0.4 is 10.5 Å². The molecule has 0 amide bonds. The molecule has 2 aromatic rings. The topological polar surface area (TPSA) is 35.2 Å². The number of nitrogens with two attached hydrogens (primary N) is 1. The van der Waals surface area contributed by atoms with Gasteiger partial charge < -0.3 is 10.5 Å². The summed E-state index contributed by atoms with van der Waals surface area (Å²) in [6, 6.07) is 11.9. The minimum Gasteiger partial charge on any atom is -0.488 e. The van der Waals surface area contributed by atoms with Gasteiger partial charge in [0.05, 0.1) is 4.47 Å². The molecule has 0 aliphatic heterocycles. The number of rotatable bonds is 3. The number of hydrogen-bond donors (Lipinski definition) is 1. The Labute approximate surface area is 116 Å². The fourth-order valence-electron chi connectivity index (χ4n) is 1.87. The van der Waals surface area contributed by atoms with Gasteiger partial charge in [-0.25, -0.2) is 0 Å². The van der Waals surface area contributed by atoms with Crippen LogP contribution in [0.1, 0.15) is 16.7 Å². The van der Waals surface area contributed by atoms with Gasteiger partial charge in [0.2, 0.25) is 0 Å². The van der Waals surface area contributed by atoms with Crippen LogP contribution >= 0.6 is 15.9 Å². The molecular formula is C15H16BrNO. The molecule has 2 rings (SSSR count). The fourth-order valence-corrected chi connectivity index (χ4v) is 2.24. The highest BCUT2D eigenvalue weighted by Crippen LogP contribution is 2.31. The van der Waals surface area contributed by atoms with Crippen molar-refractivity contribution in [3.05, 3.63) is 57.6 Å². The van der Waals surface area contributed by atoms with E-state index in [2.05, 4.69) is 48.0 Å². The van der Waals surface area contributed by atoms with Gasteiger partial charge in [-0.1, -0.05) is 24.3 Å². The van der Waals surface area contributed by atoms with Crippen molar-refractivity contribution in [1.82, 2.24) is 0 Å². The molecule has 0 unspecified atom stereocenters. The largest absolute Gasteiger partial charge is 0.488 e. The lowest BCUT2D eigenvalue weighted by molar-refractivity contribution is 0.303. The smallest absolute Gasteiger partial charge is 0.136 e. The van der Waals surface area contributed by atoms with E-state index in [0.717, 1.165) is 10.2 Å². The summed E-state index contributed by atoms with van der Waals surface area (Å²) in [6.07, 6.45) is 0. The van der Waals surface area contributed by atoms with Crippen LogP contribution in [-0.2, 0) is 6.61 Å². The van der Waals surface area contributed by atoms with E-state index >= 15 is 0 Å². The Morgan fingerprint density at radius 1 is 1.06 bits per heavy atom. The number of benzene rings is 2. The predicted octanol–water partition coefficient (Wildman–Crippen LogP) is 4.23. The number of ether oxygens (including phenoxy) is 1. The second kappa shape index (κ2) is 5.44. The van der Waals surface area contributed by atoms with Crippen molar-refractivity contribution in [2.45, 2.75) is 20.5 Å². The maximum absolute atomic E-state index is 5.84. The molecule has 0 radical (unpaired) electrons. The number of halogens is 1. The summed E-state index contributed by atoms with van der Waals surface area (Å²) in [4.78, 5) is 0. The average molecular weight is 306 g/mol. The first kappa shape index (κ1) is 13.0. The molecule has 18 heavy (non-hydrogen) atoms. The van der Waals surface area contributed by atoms with E-state index < -0.39 is 0 Å². The lowest BCUT2D eigenvalue weighted by Crippen LogP contribution is -2.01. The van der Waals surface area contributed by atoms with Gasteiger partial charge in [0.25, 0.3) is 0 Å². The Balaban J connectivity index is 2.19. The molecule has 0 fully saturated rings. The Bertz CT molecular complexity index is 546. The molecule has 0 atom stereocenters. The molecule has 0 spiro atoms. The molecule has 0 aromatic heterocycles. The van der Waals surface area contributed by atoms with Crippen molar-refractivity contribution in [3.63, 3.8) is 0 Å². The SMILES string of the molecule is Cc1cccc(C)c1COc1cccc(N)c1Br. The molecule has 2 aromatic carbocycles. The second-order valence-corrected chi connectivity index (χ2v) is 5.11. The monoisotopic (exact) mass is 305 g/mol. The molecule has 0 aliphatic carbocycles. The van der Waals surface area contributed by atoms with Crippen LogP contribution in [0.2, 0.25) is 0 Å². The molecule has 2 N–H and O–H groups in total. The highest BCUT2D eigenvalue weighted by atomic mass is 79.9. The van der Waals surface area contributed by atoms with E-state index in [4.69, 9.17) is 10.5 Å². The molecule has 2 nitrogen and oxygen atoms in total. The van der Waals surface area contributed by atoms with E-state index in [9.17, 15) is 0 Å². The normalized spacial score (nSPS) is 10.4. The van der Waals surface area contributed by atoms with E-state index in [1.54, 1.807) is 0 Å². The van der Waals surface area contributed by atoms with Crippen LogP contribution in [0.5, 0.6) is 5.75 Å². The highest BCUT2D eigenvalue weighted by Gasteiger charge is 2.07. The second-order valence-electron chi connectivity index (χ2n) is 4.32. The first-order valence-electron chi connectivity index (χ1n) is 5.81. The van der Waals surface area contributed by atoms with E-state index in [0.29, 0.717) is 12.3 Å². The average Bonchev–Trinajstić information content (AvgIpc) is 2.33. The minimum atomic E-state index is 0.556. The van der Waals surface area contributed by atoms with E-state index in [1.807, 2.05) is 18.2 Å². The molecule has 0 aliphatic rings.